The van der Waals surface area contributed by atoms with Gasteiger partial charge in [-0.1, -0.05) is 71.8 Å². The molecule has 0 bridgehead atoms. The lowest BCUT2D eigenvalue weighted by Gasteiger charge is -1.97. The van der Waals surface area contributed by atoms with Crippen molar-refractivity contribution in [2.75, 3.05) is 0 Å². The molecule has 4 nitrogen and oxygen atoms in total. The molecule has 4 heteroatoms. The summed E-state index contributed by atoms with van der Waals surface area (Å²) in [5, 5.41) is 7.80. The van der Waals surface area contributed by atoms with Gasteiger partial charge in [-0.3, -0.25) is 0 Å². The van der Waals surface area contributed by atoms with E-state index in [0.29, 0.717) is 5.71 Å². The number of aryl methyl sites for hydroxylation is 2. The summed E-state index contributed by atoms with van der Waals surface area (Å²) in [6.07, 6.45) is 7.70. The fourth-order valence-corrected chi connectivity index (χ4v) is 1.96. The molecule has 0 unspecified atom stereocenters. The van der Waals surface area contributed by atoms with Crippen LogP contribution in [0, 0.1) is 13.8 Å². The second-order valence-electron chi connectivity index (χ2n) is 5.54. The SMILES string of the molecule is Cc1ccc(/C=C/C(/C=C/c2ccc(C)cc2)=NN=C(N)N)cc1. The van der Waals surface area contributed by atoms with Crippen LogP contribution >= 0.6 is 0 Å². The number of rotatable bonds is 5. The van der Waals surface area contributed by atoms with Gasteiger partial charge in [-0.25, -0.2) is 0 Å². The van der Waals surface area contributed by atoms with Crippen LogP contribution in [-0.2, 0) is 0 Å². The summed E-state index contributed by atoms with van der Waals surface area (Å²) in [6, 6.07) is 16.5. The Morgan fingerprint density at radius 3 is 1.50 bits per heavy atom. The van der Waals surface area contributed by atoms with Gasteiger partial charge in [0, 0.05) is 0 Å². The van der Waals surface area contributed by atoms with Gasteiger partial charge < -0.3 is 11.5 Å². The van der Waals surface area contributed by atoms with Crippen LogP contribution in [-0.4, -0.2) is 11.7 Å². The highest BCUT2D eigenvalue weighted by Crippen LogP contribution is 2.08. The average molecular weight is 318 g/mol. The molecule has 4 N–H and O–H groups in total. The molecule has 0 aromatic heterocycles. The first-order chi connectivity index (χ1) is 11.5. The maximum atomic E-state index is 5.36. The Labute approximate surface area is 142 Å². The van der Waals surface area contributed by atoms with Crippen LogP contribution in [0.4, 0.5) is 0 Å². The second-order valence-corrected chi connectivity index (χ2v) is 5.54. The van der Waals surface area contributed by atoms with Crippen molar-refractivity contribution in [3.63, 3.8) is 0 Å². The van der Waals surface area contributed by atoms with Gasteiger partial charge in [0.1, 0.15) is 0 Å². The zero-order chi connectivity index (χ0) is 17.4. The summed E-state index contributed by atoms with van der Waals surface area (Å²) in [7, 11) is 0. The molecule has 2 rings (SSSR count). The van der Waals surface area contributed by atoms with Crippen LogP contribution < -0.4 is 11.5 Å². The van der Waals surface area contributed by atoms with Crippen molar-refractivity contribution in [2.45, 2.75) is 13.8 Å². The summed E-state index contributed by atoms with van der Waals surface area (Å²) in [4.78, 5) is 0. The molecule has 0 atom stereocenters. The lowest BCUT2D eigenvalue weighted by Crippen LogP contribution is -2.22. The number of hydrogen-bond donors (Lipinski definition) is 2. The van der Waals surface area contributed by atoms with E-state index in [1.54, 1.807) is 0 Å². The molecule has 0 spiro atoms. The van der Waals surface area contributed by atoms with E-state index in [9.17, 15) is 0 Å². The van der Waals surface area contributed by atoms with E-state index < -0.39 is 0 Å². The lowest BCUT2D eigenvalue weighted by atomic mass is 10.1. The maximum Gasteiger partial charge on any atom is 0.211 e. The summed E-state index contributed by atoms with van der Waals surface area (Å²) in [6.45, 7) is 4.12. The zero-order valence-electron chi connectivity index (χ0n) is 14.0. The largest absolute Gasteiger partial charge is 0.369 e. The number of nitrogens with zero attached hydrogens (tertiary/aromatic N) is 2. The van der Waals surface area contributed by atoms with Gasteiger partial charge in [0.15, 0.2) is 0 Å². The van der Waals surface area contributed by atoms with Crippen LogP contribution in [0.15, 0.2) is 70.9 Å². The number of nitrogens with two attached hydrogens (primary N) is 2. The standard InChI is InChI=1S/C20H22N4/c1-15-3-7-17(8-4-15)11-13-19(23-24-20(21)22)14-12-18-9-5-16(2)6-10-18/h3-14H,1-2H3,(H4,21,22,24)/b13-11+,14-12+. The highest BCUT2D eigenvalue weighted by atomic mass is 15.3. The summed E-state index contributed by atoms with van der Waals surface area (Å²) >= 11 is 0. The number of hydrogen-bond acceptors (Lipinski definition) is 2. The third-order valence-corrected chi connectivity index (χ3v) is 3.33. The Kier molecular flexibility index (Phi) is 6.08. The second kappa shape index (κ2) is 8.48. The molecule has 2 aromatic rings. The Morgan fingerprint density at radius 1 is 0.708 bits per heavy atom. The van der Waals surface area contributed by atoms with Crippen LogP contribution in [0.5, 0.6) is 0 Å². The Hall–Kier alpha value is -3.14. The molecule has 0 radical (unpaired) electrons. The van der Waals surface area contributed by atoms with Gasteiger partial charge in [-0.15, -0.1) is 10.2 Å². The van der Waals surface area contributed by atoms with E-state index in [0.717, 1.165) is 11.1 Å². The fourth-order valence-electron chi connectivity index (χ4n) is 1.96. The average Bonchev–Trinajstić information content (AvgIpc) is 2.57. The van der Waals surface area contributed by atoms with Crippen molar-refractivity contribution in [3.8, 4) is 0 Å². The van der Waals surface area contributed by atoms with E-state index in [4.69, 9.17) is 11.5 Å². The molecule has 0 aliphatic heterocycles. The highest BCUT2D eigenvalue weighted by molar-refractivity contribution is 6.08. The summed E-state index contributed by atoms with van der Waals surface area (Å²) < 4.78 is 0. The van der Waals surface area contributed by atoms with Crippen LogP contribution in [0.2, 0.25) is 0 Å². The lowest BCUT2D eigenvalue weighted by molar-refractivity contribution is 1.21. The molecule has 0 saturated heterocycles. The molecular weight excluding hydrogens is 296 g/mol. The van der Waals surface area contributed by atoms with Crippen LogP contribution in [0.25, 0.3) is 12.2 Å². The van der Waals surface area contributed by atoms with E-state index in [1.807, 2.05) is 48.6 Å². The first kappa shape index (κ1) is 17.2. The summed E-state index contributed by atoms with van der Waals surface area (Å²) in [5.41, 5.74) is 16.0. The molecule has 24 heavy (non-hydrogen) atoms. The van der Waals surface area contributed by atoms with Crippen molar-refractivity contribution in [3.05, 3.63) is 82.9 Å². The van der Waals surface area contributed by atoms with Crippen molar-refractivity contribution < 1.29 is 0 Å². The van der Waals surface area contributed by atoms with E-state index in [1.165, 1.54) is 11.1 Å². The third-order valence-electron chi connectivity index (χ3n) is 3.33. The van der Waals surface area contributed by atoms with Crippen molar-refractivity contribution >= 4 is 23.8 Å². The van der Waals surface area contributed by atoms with Gasteiger partial charge in [0.2, 0.25) is 5.96 Å². The van der Waals surface area contributed by atoms with Gasteiger partial charge in [-0.2, -0.15) is 0 Å². The van der Waals surface area contributed by atoms with E-state index in [2.05, 4.69) is 48.3 Å². The number of benzene rings is 2. The van der Waals surface area contributed by atoms with E-state index >= 15 is 0 Å². The number of allylic oxidation sites excluding steroid dienone is 2. The molecule has 0 heterocycles. The Balaban J connectivity index is 2.21. The molecule has 0 fully saturated rings. The van der Waals surface area contributed by atoms with Gasteiger partial charge >= 0.3 is 0 Å². The van der Waals surface area contributed by atoms with Gasteiger partial charge in [0.05, 0.1) is 5.71 Å². The quantitative estimate of drug-likeness (QED) is 0.501. The third kappa shape index (κ3) is 5.93. The molecule has 0 aliphatic carbocycles. The first-order valence-corrected chi connectivity index (χ1v) is 7.69. The highest BCUT2D eigenvalue weighted by Gasteiger charge is 1.93. The van der Waals surface area contributed by atoms with Crippen molar-refractivity contribution in [1.29, 1.82) is 0 Å². The van der Waals surface area contributed by atoms with Crippen LogP contribution in [0.3, 0.4) is 0 Å². The maximum absolute atomic E-state index is 5.36. The van der Waals surface area contributed by atoms with Gasteiger partial charge in [-0.05, 0) is 37.1 Å². The fraction of sp³-hybridized carbons (Fsp3) is 0.100. The van der Waals surface area contributed by atoms with Gasteiger partial charge in [0.25, 0.3) is 0 Å². The Morgan fingerprint density at radius 2 is 1.12 bits per heavy atom. The molecule has 0 saturated carbocycles. The van der Waals surface area contributed by atoms with Crippen molar-refractivity contribution in [1.82, 2.24) is 0 Å². The van der Waals surface area contributed by atoms with Crippen molar-refractivity contribution in [2.24, 2.45) is 21.7 Å². The normalized spacial score (nSPS) is 10.9. The number of guanidine groups is 1. The zero-order valence-corrected chi connectivity index (χ0v) is 14.0. The smallest absolute Gasteiger partial charge is 0.211 e. The predicted molar refractivity (Wildman–Crippen MR) is 104 cm³/mol. The van der Waals surface area contributed by atoms with E-state index in [-0.39, 0.29) is 5.96 Å². The minimum atomic E-state index is -0.0695. The minimum absolute atomic E-state index is 0.0695. The molecule has 0 amide bonds. The molecule has 2 aromatic carbocycles. The van der Waals surface area contributed by atoms with Crippen LogP contribution in [0.1, 0.15) is 22.3 Å². The Bertz CT molecular complexity index is 718. The first-order valence-electron chi connectivity index (χ1n) is 7.69. The molecule has 122 valence electrons. The minimum Gasteiger partial charge on any atom is -0.369 e. The molecular formula is C20H22N4. The predicted octanol–water partition coefficient (Wildman–Crippen LogP) is 3.66. The topological polar surface area (TPSA) is 76.8 Å². The monoisotopic (exact) mass is 318 g/mol. The summed E-state index contributed by atoms with van der Waals surface area (Å²) in [5.74, 6) is -0.0695. The molecule has 0 aliphatic rings.